The summed E-state index contributed by atoms with van der Waals surface area (Å²) in [7, 11) is 0. The summed E-state index contributed by atoms with van der Waals surface area (Å²) < 4.78 is 24.8. The Morgan fingerprint density at radius 1 is 1.24 bits per heavy atom. The van der Waals surface area contributed by atoms with Gasteiger partial charge in [0.2, 0.25) is 11.8 Å². The summed E-state index contributed by atoms with van der Waals surface area (Å²) in [5.41, 5.74) is 0.365. The van der Waals surface area contributed by atoms with Gasteiger partial charge < -0.3 is 4.52 Å². The van der Waals surface area contributed by atoms with Crippen LogP contribution in [0.1, 0.15) is 67.9 Å². The van der Waals surface area contributed by atoms with E-state index in [1.165, 1.54) is 22.5 Å². The van der Waals surface area contributed by atoms with Gasteiger partial charge in [0.05, 0.1) is 12.5 Å². The van der Waals surface area contributed by atoms with Gasteiger partial charge in [-0.1, -0.05) is 38.1 Å². The molecule has 134 valence electrons. The second-order valence-electron chi connectivity index (χ2n) is 6.44. The minimum atomic E-state index is -0.411. The van der Waals surface area contributed by atoms with Crippen LogP contribution in [-0.2, 0) is 13.0 Å². The number of hydrogen-bond donors (Lipinski definition) is 0. The van der Waals surface area contributed by atoms with Gasteiger partial charge in [0.25, 0.3) is 0 Å². The molecule has 0 radical (unpaired) electrons. The molecule has 3 aromatic rings. The summed E-state index contributed by atoms with van der Waals surface area (Å²) in [6, 6.07) is 0. The molecule has 0 aliphatic carbocycles. The van der Waals surface area contributed by atoms with Gasteiger partial charge in [-0.05, 0) is 11.5 Å². The fraction of sp³-hybridized carbons (Fsp3) is 0.600. The van der Waals surface area contributed by atoms with Crippen LogP contribution in [0, 0.1) is 5.95 Å². The minimum absolute atomic E-state index is 0.0131. The van der Waals surface area contributed by atoms with Crippen molar-refractivity contribution in [3.8, 4) is 0 Å². The first kappa shape index (κ1) is 17.6. The lowest BCUT2D eigenvalue weighted by Gasteiger charge is -2.06. The monoisotopic (exact) mass is 365 g/mol. The third kappa shape index (κ3) is 3.89. The van der Waals surface area contributed by atoms with Crippen molar-refractivity contribution in [2.75, 3.05) is 0 Å². The van der Waals surface area contributed by atoms with E-state index in [0.717, 1.165) is 5.01 Å². The van der Waals surface area contributed by atoms with E-state index >= 15 is 0 Å². The predicted molar refractivity (Wildman–Crippen MR) is 88.8 cm³/mol. The van der Waals surface area contributed by atoms with E-state index < -0.39 is 5.95 Å². The number of nitrogens with zero attached hydrogens (tertiary/aromatic N) is 7. The molecule has 3 aromatic heterocycles. The molecule has 0 aliphatic heterocycles. The lowest BCUT2D eigenvalue weighted by atomic mass is 10.1. The van der Waals surface area contributed by atoms with Gasteiger partial charge in [-0.3, -0.25) is 0 Å². The second-order valence-corrected chi connectivity index (χ2v) is 7.25. The number of hydrogen-bond acceptors (Lipinski definition) is 8. The Hall–Kier alpha value is -2.23. The summed E-state index contributed by atoms with van der Waals surface area (Å²) in [5, 5.41) is 12.7. The van der Waals surface area contributed by atoms with Crippen molar-refractivity contribution in [3.63, 3.8) is 0 Å². The first-order valence-corrected chi connectivity index (χ1v) is 8.91. The summed E-state index contributed by atoms with van der Waals surface area (Å²) in [4.78, 5) is 8.62. The van der Waals surface area contributed by atoms with Crippen LogP contribution in [0.25, 0.3) is 0 Å². The fourth-order valence-electron chi connectivity index (χ4n) is 2.43. The van der Waals surface area contributed by atoms with Crippen molar-refractivity contribution in [2.24, 2.45) is 0 Å². The van der Waals surface area contributed by atoms with E-state index in [4.69, 9.17) is 4.52 Å². The van der Waals surface area contributed by atoms with Gasteiger partial charge >= 0.3 is 0 Å². The average molecular weight is 365 g/mol. The predicted octanol–water partition coefficient (Wildman–Crippen LogP) is 2.93. The van der Waals surface area contributed by atoms with Gasteiger partial charge in [0.1, 0.15) is 17.0 Å². The van der Waals surface area contributed by atoms with Gasteiger partial charge in [0, 0.05) is 18.3 Å². The molecule has 0 aromatic carbocycles. The van der Waals surface area contributed by atoms with Crippen LogP contribution in [0.5, 0.6) is 0 Å². The van der Waals surface area contributed by atoms with Crippen molar-refractivity contribution in [1.82, 2.24) is 34.5 Å². The van der Waals surface area contributed by atoms with Crippen LogP contribution >= 0.6 is 11.5 Å². The Morgan fingerprint density at radius 3 is 2.68 bits per heavy atom. The SMILES string of the molecule is CC(C)c1nnn(CC(C)c2nc(CC(C)c3ncns3)no2)c1F. The van der Waals surface area contributed by atoms with Gasteiger partial charge in [-0.15, -0.1) is 5.10 Å². The maximum Gasteiger partial charge on any atom is 0.235 e. The maximum atomic E-state index is 14.3. The number of rotatable bonds is 7. The van der Waals surface area contributed by atoms with Crippen molar-refractivity contribution in [2.45, 2.75) is 58.4 Å². The normalized spacial score (nSPS) is 14.2. The topological polar surface area (TPSA) is 95.4 Å². The molecule has 25 heavy (non-hydrogen) atoms. The molecule has 0 bridgehead atoms. The van der Waals surface area contributed by atoms with Crippen LogP contribution < -0.4 is 0 Å². The minimum Gasteiger partial charge on any atom is -0.339 e. The summed E-state index contributed by atoms with van der Waals surface area (Å²) in [6.45, 7) is 7.98. The second kappa shape index (κ2) is 7.34. The molecule has 2 atom stereocenters. The smallest absolute Gasteiger partial charge is 0.235 e. The quantitative estimate of drug-likeness (QED) is 0.635. The van der Waals surface area contributed by atoms with E-state index in [-0.39, 0.29) is 17.8 Å². The highest BCUT2D eigenvalue weighted by molar-refractivity contribution is 7.05. The van der Waals surface area contributed by atoms with E-state index in [2.05, 4.69) is 29.8 Å². The largest absolute Gasteiger partial charge is 0.339 e. The van der Waals surface area contributed by atoms with Crippen LogP contribution in [0.3, 0.4) is 0 Å². The Labute approximate surface area is 148 Å². The van der Waals surface area contributed by atoms with Crippen LogP contribution in [0.4, 0.5) is 4.39 Å². The van der Waals surface area contributed by atoms with E-state index in [0.29, 0.717) is 30.4 Å². The molecule has 3 rings (SSSR count). The molecule has 10 heteroatoms. The maximum absolute atomic E-state index is 14.3. The lowest BCUT2D eigenvalue weighted by molar-refractivity contribution is 0.327. The molecule has 8 nitrogen and oxygen atoms in total. The zero-order valence-corrected chi connectivity index (χ0v) is 15.4. The highest BCUT2D eigenvalue weighted by Crippen LogP contribution is 2.22. The molecular weight excluding hydrogens is 345 g/mol. The first-order valence-electron chi connectivity index (χ1n) is 8.13. The van der Waals surface area contributed by atoms with Crippen LogP contribution in [-0.4, -0.2) is 34.5 Å². The Morgan fingerprint density at radius 2 is 2.04 bits per heavy atom. The third-order valence-corrected chi connectivity index (χ3v) is 4.78. The van der Waals surface area contributed by atoms with Gasteiger partial charge in [0.15, 0.2) is 5.82 Å². The molecule has 0 saturated heterocycles. The Balaban J connectivity index is 1.65. The molecule has 2 unspecified atom stereocenters. The molecule has 0 N–H and O–H groups in total. The molecule has 0 saturated carbocycles. The lowest BCUT2D eigenvalue weighted by Crippen LogP contribution is -2.11. The standard InChI is InChI=1S/C15H20FN7OS/c1-8(2)12-13(16)23(22-20-12)6-10(4)14-19-11(21-24-14)5-9(3)15-17-7-18-25-15/h7-10H,5-6H2,1-4H3. The highest BCUT2D eigenvalue weighted by atomic mass is 32.1. The zero-order chi connectivity index (χ0) is 18.0. The molecule has 0 aliphatic rings. The van der Waals surface area contributed by atoms with Gasteiger partial charge in [-0.25, -0.2) is 9.67 Å². The van der Waals surface area contributed by atoms with Crippen molar-refractivity contribution < 1.29 is 8.91 Å². The first-order chi connectivity index (χ1) is 12.0. The molecule has 0 spiro atoms. The summed E-state index contributed by atoms with van der Waals surface area (Å²) in [5.74, 6) is 0.628. The van der Waals surface area contributed by atoms with E-state index in [1.807, 2.05) is 27.7 Å². The molecular formula is C15H20FN7OS. The Bertz CT molecular complexity index is 814. The van der Waals surface area contributed by atoms with Crippen molar-refractivity contribution in [3.05, 3.63) is 34.7 Å². The van der Waals surface area contributed by atoms with Crippen LogP contribution in [0.15, 0.2) is 10.9 Å². The number of halogens is 1. The fourth-order valence-corrected chi connectivity index (χ4v) is 2.99. The third-order valence-electron chi connectivity index (χ3n) is 3.89. The van der Waals surface area contributed by atoms with Crippen molar-refractivity contribution in [1.29, 1.82) is 0 Å². The van der Waals surface area contributed by atoms with Gasteiger partial charge in [-0.2, -0.15) is 13.7 Å². The average Bonchev–Trinajstić information content (AvgIpc) is 3.29. The Kier molecular flexibility index (Phi) is 5.16. The summed E-state index contributed by atoms with van der Waals surface area (Å²) in [6.07, 6.45) is 2.15. The molecule has 0 amide bonds. The van der Waals surface area contributed by atoms with E-state index in [9.17, 15) is 4.39 Å². The molecule has 0 fully saturated rings. The summed E-state index contributed by atoms with van der Waals surface area (Å²) >= 11 is 1.36. The van der Waals surface area contributed by atoms with Crippen molar-refractivity contribution >= 4 is 11.5 Å². The van der Waals surface area contributed by atoms with Crippen LogP contribution in [0.2, 0.25) is 0 Å². The number of aromatic nitrogens is 7. The van der Waals surface area contributed by atoms with E-state index in [1.54, 1.807) is 0 Å². The highest BCUT2D eigenvalue weighted by Gasteiger charge is 2.21. The zero-order valence-electron chi connectivity index (χ0n) is 14.5. The molecule has 3 heterocycles.